The molecular weight excluding hydrogens is 254 g/mol. The molecule has 0 aliphatic heterocycles. The molecule has 0 aromatic carbocycles. The second-order valence-electron chi connectivity index (χ2n) is 6.28. The third-order valence-corrected chi connectivity index (χ3v) is 2.87. The van der Waals surface area contributed by atoms with Crippen LogP contribution in [0.2, 0.25) is 0 Å². The maximum Gasteiger partial charge on any atom is 0.229 e. The average molecular weight is 277 g/mol. The fraction of sp³-hybridized carbons (Fsp3) is 0.643. The van der Waals surface area contributed by atoms with Crippen molar-refractivity contribution in [3.63, 3.8) is 0 Å². The summed E-state index contributed by atoms with van der Waals surface area (Å²) < 4.78 is 7.25. The predicted molar refractivity (Wildman–Crippen MR) is 76.3 cm³/mol. The molecule has 0 unspecified atom stereocenters. The molecule has 1 N–H and O–H groups in total. The minimum Gasteiger partial charge on any atom is -0.339 e. The van der Waals surface area contributed by atoms with Crippen LogP contribution < -0.4 is 5.32 Å². The lowest BCUT2D eigenvalue weighted by Crippen LogP contribution is -2.36. The van der Waals surface area contributed by atoms with E-state index in [1.54, 1.807) is 6.20 Å². The largest absolute Gasteiger partial charge is 0.339 e. The second-order valence-corrected chi connectivity index (χ2v) is 6.28. The monoisotopic (exact) mass is 277 g/mol. The molecule has 0 radical (unpaired) electrons. The van der Waals surface area contributed by atoms with Crippen LogP contribution in [0.4, 0.5) is 0 Å². The van der Waals surface area contributed by atoms with Gasteiger partial charge >= 0.3 is 0 Å². The molecule has 0 fully saturated rings. The van der Waals surface area contributed by atoms with Crippen molar-refractivity contribution in [3.8, 4) is 0 Å². The number of hydrogen-bond donors (Lipinski definition) is 1. The van der Waals surface area contributed by atoms with Crippen molar-refractivity contribution in [2.45, 2.75) is 59.2 Å². The maximum absolute atomic E-state index is 5.22. The first-order chi connectivity index (χ1) is 9.35. The molecular formula is C14H23N5O. The molecule has 6 heteroatoms. The predicted octanol–water partition coefficient (Wildman–Crippen LogP) is 2.33. The van der Waals surface area contributed by atoms with E-state index in [4.69, 9.17) is 4.52 Å². The second kappa shape index (κ2) is 5.75. The van der Waals surface area contributed by atoms with Gasteiger partial charge in [-0.05, 0) is 20.8 Å². The first kappa shape index (κ1) is 14.7. The number of rotatable bonds is 5. The van der Waals surface area contributed by atoms with Gasteiger partial charge in [0.05, 0.1) is 13.1 Å². The van der Waals surface area contributed by atoms with Crippen molar-refractivity contribution in [1.29, 1.82) is 0 Å². The van der Waals surface area contributed by atoms with Crippen molar-refractivity contribution in [2.24, 2.45) is 0 Å². The molecule has 0 aliphatic carbocycles. The third-order valence-electron chi connectivity index (χ3n) is 2.87. The van der Waals surface area contributed by atoms with Crippen molar-refractivity contribution in [3.05, 3.63) is 29.9 Å². The number of imidazole rings is 1. The van der Waals surface area contributed by atoms with Gasteiger partial charge in [-0.15, -0.1) is 0 Å². The number of hydrogen-bond acceptors (Lipinski definition) is 5. The molecule has 2 aromatic heterocycles. The Morgan fingerprint density at radius 1 is 1.35 bits per heavy atom. The van der Waals surface area contributed by atoms with Crippen molar-refractivity contribution >= 4 is 0 Å². The Balaban J connectivity index is 2.04. The topological polar surface area (TPSA) is 68.8 Å². The Labute approximate surface area is 119 Å². The van der Waals surface area contributed by atoms with Gasteiger partial charge in [0, 0.05) is 23.9 Å². The molecule has 0 bridgehead atoms. The van der Waals surface area contributed by atoms with E-state index >= 15 is 0 Å². The quantitative estimate of drug-likeness (QED) is 0.908. The Hall–Kier alpha value is -1.69. The molecule has 0 saturated heterocycles. The van der Waals surface area contributed by atoms with Crippen LogP contribution in [0.3, 0.4) is 0 Å². The average Bonchev–Trinajstić information content (AvgIpc) is 2.95. The SMILES string of the molecule is CC(C)c1nc(Cn2ccnc2CNC(C)(C)C)no1. The highest BCUT2D eigenvalue weighted by atomic mass is 16.5. The molecule has 6 nitrogen and oxygen atoms in total. The molecule has 0 spiro atoms. The molecule has 2 aromatic rings. The smallest absolute Gasteiger partial charge is 0.229 e. The highest BCUT2D eigenvalue weighted by Gasteiger charge is 2.14. The van der Waals surface area contributed by atoms with E-state index in [1.165, 1.54) is 0 Å². The van der Waals surface area contributed by atoms with Gasteiger partial charge in [-0.1, -0.05) is 19.0 Å². The Kier molecular flexibility index (Phi) is 4.23. The summed E-state index contributed by atoms with van der Waals surface area (Å²) >= 11 is 0. The number of nitrogens with zero attached hydrogens (tertiary/aromatic N) is 4. The molecule has 0 aliphatic rings. The van der Waals surface area contributed by atoms with Gasteiger partial charge in [-0.25, -0.2) is 4.98 Å². The van der Waals surface area contributed by atoms with Crippen LogP contribution in [-0.2, 0) is 13.1 Å². The van der Waals surface area contributed by atoms with Gasteiger partial charge in [0.2, 0.25) is 5.89 Å². The molecule has 0 atom stereocenters. The summed E-state index contributed by atoms with van der Waals surface area (Å²) in [7, 11) is 0. The van der Waals surface area contributed by atoms with E-state index in [2.05, 4.69) is 41.2 Å². The number of nitrogens with one attached hydrogen (secondary N) is 1. The maximum atomic E-state index is 5.22. The minimum atomic E-state index is 0.0632. The van der Waals surface area contributed by atoms with E-state index in [9.17, 15) is 0 Å². The summed E-state index contributed by atoms with van der Waals surface area (Å²) in [5.74, 6) is 2.58. The molecule has 20 heavy (non-hydrogen) atoms. The normalized spacial score (nSPS) is 12.3. The van der Waals surface area contributed by atoms with Gasteiger partial charge in [-0.2, -0.15) is 4.98 Å². The molecule has 2 rings (SSSR count). The van der Waals surface area contributed by atoms with E-state index in [0.29, 0.717) is 24.8 Å². The van der Waals surface area contributed by atoms with Gasteiger partial charge < -0.3 is 14.4 Å². The molecule has 110 valence electrons. The Morgan fingerprint density at radius 2 is 2.10 bits per heavy atom. The zero-order chi connectivity index (χ0) is 14.8. The summed E-state index contributed by atoms with van der Waals surface area (Å²) in [6, 6.07) is 0. The van der Waals surface area contributed by atoms with Crippen LogP contribution in [0.25, 0.3) is 0 Å². The standard InChI is InChI=1S/C14H23N5O/c1-10(2)13-17-11(18-20-13)9-19-7-6-15-12(19)8-16-14(3,4)5/h6-7,10,16H,8-9H2,1-5H3. The fourth-order valence-electron chi connectivity index (χ4n) is 1.71. The molecule has 0 saturated carbocycles. The Bertz CT molecular complexity index is 550. The van der Waals surface area contributed by atoms with Gasteiger partial charge in [0.1, 0.15) is 5.82 Å². The van der Waals surface area contributed by atoms with Gasteiger partial charge in [0.15, 0.2) is 5.82 Å². The fourth-order valence-corrected chi connectivity index (χ4v) is 1.71. The van der Waals surface area contributed by atoms with E-state index in [1.807, 2.05) is 24.6 Å². The summed E-state index contributed by atoms with van der Waals surface area (Å²) in [6.45, 7) is 11.8. The van der Waals surface area contributed by atoms with E-state index in [0.717, 1.165) is 5.82 Å². The summed E-state index contributed by atoms with van der Waals surface area (Å²) in [6.07, 6.45) is 3.73. The van der Waals surface area contributed by atoms with Gasteiger partial charge in [-0.3, -0.25) is 0 Å². The summed E-state index contributed by atoms with van der Waals surface area (Å²) in [5, 5.41) is 7.43. The summed E-state index contributed by atoms with van der Waals surface area (Å²) in [4.78, 5) is 8.76. The first-order valence-corrected chi connectivity index (χ1v) is 6.92. The molecule has 0 amide bonds. The zero-order valence-corrected chi connectivity index (χ0v) is 12.8. The number of aromatic nitrogens is 4. The van der Waals surface area contributed by atoms with Crippen LogP contribution in [0.15, 0.2) is 16.9 Å². The van der Waals surface area contributed by atoms with Crippen LogP contribution in [0.5, 0.6) is 0 Å². The Morgan fingerprint density at radius 3 is 2.70 bits per heavy atom. The van der Waals surface area contributed by atoms with E-state index in [-0.39, 0.29) is 11.5 Å². The minimum absolute atomic E-state index is 0.0632. The van der Waals surface area contributed by atoms with Crippen LogP contribution in [0.1, 0.15) is 58.1 Å². The van der Waals surface area contributed by atoms with Crippen molar-refractivity contribution in [2.75, 3.05) is 0 Å². The highest BCUT2D eigenvalue weighted by molar-refractivity contribution is 4.98. The summed E-state index contributed by atoms with van der Waals surface area (Å²) in [5.41, 5.74) is 0.0632. The van der Waals surface area contributed by atoms with Gasteiger partial charge in [0.25, 0.3) is 0 Å². The van der Waals surface area contributed by atoms with Crippen LogP contribution in [-0.4, -0.2) is 25.2 Å². The van der Waals surface area contributed by atoms with Crippen molar-refractivity contribution < 1.29 is 4.52 Å². The van der Waals surface area contributed by atoms with E-state index < -0.39 is 0 Å². The van der Waals surface area contributed by atoms with Crippen molar-refractivity contribution in [1.82, 2.24) is 25.0 Å². The lowest BCUT2D eigenvalue weighted by atomic mass is 10.1. The first-order valence-electron chi connectivity index (χ1n) is 6.92. The van der Waals surface area contributed by atoms with Crippen LogP contribution >= 0.6 is 0 Å². The van der Waals surface area contributed by atoms with Crippen LogP contribution in [0, 0.1) is 0 Å². The lowest BCUT2D eigenvalue weighted by molar-refractivity contribution is 0.359. The highest BCUT2D eigenvalue weighted by Crippen LogP contribution is 2.12. The third kappa shape index (κ3) is 3.90. The lowest BCUT2D eigenvalue weighted by Gasteiger charge is -2.20. The zero-order valence-electron chi connectivity index (χ0n) is 12.8. The molecule has 2 heterocycles.